The highest BCUT2D eigenvalue weighted by atomic mass is 16.2. The molecule has 1 N–H and O–H groups in total. The van der Waals surface area contributed by atoms with E-state index in [0.717, 1.165) is 31.6 Å². The molecule has 1 saturated heterocycles. The van der Waals surface area contributed by atoms with Gasteiger partial charge in [0.2, 0.25) is 5.91 Å². The van der Waals surface area contributed by atoms with Crippen LogP contribution in [0.2, 0.25) is 0 Å². The summed E-state index contributed by atoms with van der Waals surface area (Å²) in [6.45, 7) is 2.86. The highest BCUT2D eigenvalue weighted by Gasteiger charge is 2.30. The maximum absolute atomic E-state index is 12.8. The van der Waals surface area contributed by atoms with Gasteiger partial charge in [0.05, 0.1) is 0 Å². The molecule has 2 atom stereocenters. The number of benzene rings is 1. The van der Waals surface area contributed by atoms with Crippen LogP contribution < -0.4 is 5.32 Å². The monoisotopic (exact) mass is 287 g/mol. The van der Waals surface area contributed by atoms with Crippen LogP contribution in [0.25, 0.3) is 0 Å². The molecule has 4 heteroatoms. The molecular weight excluding hydrogens is 262 g/mol. The zero-order chi connectivity index (χ0) is 14.8. The van der Waals surface area contributed by atoms with E-state index in [2.05, 4.69) is 35.5 Å². The molecule has 0 spiro atoms. The summed E-state index contributed by atoms with van der Waals surface area (Å²) in [6, 6.07) is 8.64. The Morgan fingerprint density at radius 2 is 2.24 bits per heavy atom. The minimum Gasteiger partial charge on any atom is -0.343 e. The normalized spacial score (nSPS) is 25.6. The summed E-state index contributed by atoms with van der Waals surface area (Å²) < 4.78 is 0. The van der Waals surface area contributed by atoms with Gasteiger partial charge in [0.25, 0.3) is 0 Å². The first-order valence-electron chi connectivity index (χ1n) is 7.93. The van der Waals surface area contributed by atoms with Gasteiger partial charge in [0, 0.05) is 26.2 Å². The number of likely N-dealkylation sites (N-methyl/N-ethyl adjacent to an activating group) is 2. The summed E-state index contributed by atoms with van der Waals surface area (Å²) in [5.74, 6) is 0.197. The maximum Gasteiger partial charge on any atom is 0.244 e. The fraction of sp³-hybridized carbons (Fsp3) is 0.588. The van der Waals surface area contributed by atoms with Crippen LogP contribution in [-0.2, 0) is 11.2 Å². The van der Waals surface area contributed by atoms with Gasteiger partial charge in [-0.05, 0) is 44.0 Å². The van der Waals surface area contributed by atoms with Crippen molar-refractivity contribution in [2.45, 2.75) is 31.3 Å². The minimum absolute atomic E-state index is 0.174. The van der Waals surface area contributed by atoms with Crippen LogP contribution in [0.1, 0.15) is 30.0 Å². The molecule has 2 heterocycles. The van der Waals surface area contributed by atoms with Crippen LogP contribution in [-0.4, -0.2) is 55.5 Å². The molecule has 0 aromatic heterocycles. The zero-order valence-electron chi connectivity index (χ0n) is 13.0. The average molecular weight is 287 g/mol. The summed E-state index contributed by atoms with van der Waals surface area (Å²) in [5.41, 5.74) is 2.46. The van der Waals surface area contributed by atoms with Gasteiger partial charge < -0.3 is 15.1 Å². The highest BCUT2D eigenvalue weighted by molar-refractivity contribution is 5.83. The number of carbonyl (C=O) groups is 1. The smallest absolute Gasteiger partial charge is 0.244 e. The lowest BCUT2D eigenvalue weighted by Gasteiger charge is -2.32. The lowest BCUT2D eigenvalue weighted by Crippen LogP contribution is -2.46. The molecule has 4 nitrogen and oxygen atoms in total. The van der Waals surface area contributed by atoms with E-state index >= 15 is 0 Å². The first-order valence-corrected chi connectivity index (χ1v) is 7.93. The minimum atomic E-state index is -0.174. The third kappa shape index (κ3) is 2.97. The van der Waals surface area contributed by atoms with Gasteiger partial charge in [-0.25, -0.2) is 0 Å². The molecule has 1 fully saturated rings. The Labute approximate surface area is 127 Å². The summed E-state index contributed by atoms with van der Waals surface area (Å²) in [6.07, 6.45) is 3.45. The van der Waals surface area contributed by atoms with Crippen molar-refractivity contribution >= 4 is 5.91 Å². The largest absolute Gasteiger partial charge is 0.343 e. The van der Waals surface area contributed by atoms with E-state index in [1.165, 1.54) is 18.4 Å². The van der Waals surface area contributed by atoms with Gasteiger partial charge >= 0.3 is 0 Å². The molecule has 1 amide bonds. The first-order chi connectivity index (χ1) is 10.2. The van der Waals surface area contributed by atoms with Crippen molar-refractivity contribution in [1.29, 1.82) is 0 Å². The second-order valence-corrected chi connectivity index (χ2v) is 6.33. The van der Waals surface area contributed by atoms with E-state index in [1.54, 1.807) is 0 Å². The SMILES string of the molecule is CN(CC1CCCN1C)C(=O)C1NCCc2ccccc21. The first kappa shape index (κ1) is 14.5. The molecule has 2 aliphatic rings. The van der Waals surface area contributed by atoms with Gasteiger partial charge in [-0.3, -0.25) is 4.79 Å². The van der Waals surface area contributed by atoms with Crippen LogP contribution >= 0.6 is 0 Å². The second-order valence-electron chi connectivity index (χ2n) is 6.33. The molecule has 21 heavy (non-hydrogen) atoms. The topological polar surface area (TPSA) is 35.6 Å². The van der Waals surface area contributed by atoms with Crippen molar-refractivity contribution < 1.29 is 4.79 Å². The van der Waals surface area contributed by atoms with Crippen molar-refractivity contribution in [2.24, 2.45) is 0 Å². The van der Waals surface area contributed by atoms with Gasteiger partial charge in [-0.2, -0.15) is 0 Å². The zero-order valence-corrected chi connectivity index (χ0v) is 13.0. The molecule has 2 aliphatic heterocycles. The Hall–Kier alpha value is -1.39. The lowest BCUT2D eigenvalue weighted by atomic mass is 9.93. The van der Waals surface area contributed by atoms with E-state index in [9.17, 15) is 4.79 Å². The molecule has 114 valence electrons. The van der Waals surface area contributed by atoms with Crippen LogP contribution in [0.5, 0.6) is 0 Å². The summed E-state index contributed by atoms with van der Waals surface area (Å²) in [4.78, 5) is 17.1. The quantitative estimate of drug-likeness (QED) is 0.913. The third-order valence-corrected chi connectivity index (χ3v) is 4.89. The maximum atomic E-state index is 12.8. The van der Waals surface area contributed by atoms with Crippen molar-refractivity contribution in [3.63, 3.8) is 0 Å². The molecule has 1 aromatic carbocycles. The number of nitrogens with one attached hydrogen (secondary N) is 1. The molecule has 0 radical (unpaired) electrons. The van der Waals surface area contributed by atoms with E-state index in [4.69, 9.17) is 0 Å². The summed E-state index contributed by atoms with van der Waals surface area (Å²) in [7, 11) is 4.09. The van der Waals surface area contributed by atoms with Gasteiger partial charge in [-0.1, -0.05) is 24.3 Å². The Morgan fingerprint density at radius 3 is 3.00 bits per heavy atom. The summed E-state index contributed by atoms with van der Waals surface area (Å²) >= 11 is 0. The number of nitrogens with zero attached hydrogens (tertiary/aromatic N) is 2. The van der Waals surface area contributed by atoms with E-state index < -0.39 is 0 Å². The number of fused-ring (bicyclic) bond motifs is 1. The number of likely N-dealkylation sites (tertiary alicyclic amines) is 1. The van der Waals surface area contributed by atoms with E-state index in [1.807, 2.05) is 18.0 Å². The number of carbonyl (C=O) groups excluding carboxylic acids is 1. The second kappa shape index (κ2) is 6.16. The molecule has 3 rings (SSSR count). The van der Waals surface area contributed by atoms with Gasteiger partial charge in [0.15, 0.2) is 0 Å². The van der Waals surface area contributed by atoms with E-state index in [0.29, 0.717) is 6.04 Å². The van der Waals surface area contributed by atoms with Crippen LogP contribution in [0, 0.1) is 0 Å². The van der Waals surface area contributed by atoms with Crippen molar-refractivity contribution in [1.82, 2.24) is 15.1 Å². The molecular formula is C17H25N3O. The van der Waals surface area contributed by atoms with Crippen molar-refractivity contribution in [3.05, 3.63) is 35.4 Å². The molecule has 0 bridgehead atoms. The number of rotatable bonds is 3. The van der Waals surface area contributed by atoms with Gasteiger partial charge in [0.1, 0.15) is 6.04 Å². The average Bonchev–Trinajstić information content (AvgIpc) is 2.91. The van der Waals surface area contributed by atoms with Crippen molar-refractivity contribution in [3.8, 4) is 0 Å². The van der Waals surface area contributed by atoms with Gasteiger partial charge in [-0.15, -0.1) is 0 Å². The van der Waals surface area contributed by atoms with E-state index in [-0.39, 0.29) is 11.9 Å². The molecule has 1 aromatic rings. The number of amides is 1. The standard InChI is InChI=1S/C17H25N3O/c1-19-11-5-7-14(19)12-20(2)17(21)16-15-8-4-3-6-13(15)9-10-18-16/h3-4,6,8,14,16,18H,5,7,9-12H2,1-2H3. The third-order valence-electron chi connectivity index (χ3n) is 4.89. The number of hydrogen-bond donors (Lipinski definition) is 1. The van der Waals surface area contributed by atoms with Crippen molar-refractivity contribution in [2.75, 3.05) is 33.7 Å². The fourth-order valence-corrected chi connectivity index (χ4v) is 3.56. The van der Waals surface area contributed by atoms with Crippen LogP contribution in [0.15, 0.2) is 24.3 Å². The molecule has 2 unspecified atom stereocenters. The lowest BCUT2D eigenvalue weighted by molar-refractivity contribution is -0.133. The highest BCUT2D eigenvalue weighted by Crippen LogP contribution is 2.25. The Balaban J connectivity index is 1.70. The number of hydrogen-bond acceptors (Lipinski definition) is 3. The predicted octanol–water partition coefficient (Wildman–Crippen LogP) is 1.43. The fourth-order valence-electron chi connectivity index (χ4n) is 3.56. The Kier molecular flexibility index (Phi) is 4.27. The summed E-state index contributed by atoms with van der Waals surface area (Å²) in [5, 5.41) is 3.39. The van der Waals surface area contributed by atoms with Crippen LogP contribution in [0.4, 0.5) is 0 Å². The molecule has 0 saturated carbocycles. The Bertz CT molecular complexity index is 517. The molecule has 0 aliphatic carbocycles. The van der Waals surface area contributed by atoms with Crippen LogP contribution in [0.3, 0.4) is 0 Å². The Morgan fingerprint density at radius 1 is 1.43 bits per heavy atom. The predicted molar refractivity (Wildman–Crippen MR) is 84.2 cm³/mol.